The van der Waals surface area contributed by atoms with E-state index < -0.39 is 31.6 Å². The average Bonchev–Trinajstić information content (AvgIpc) is 2.28. The third-order valence-corrected chi connectivity index (χ3v) is 8.05. The lowest BCUT2D eigenvalue weighted by Crippen LogP contribution is -2.40. The topological polar surface area (TPSA) is 9.23 Å². The lowest BCUT2D eigenvalue weighted by molar-refractivity contribution is 0.266. The average molecular weight is 294 g/mol. The van der Waals surface area contributed by atoms with Crippen LogP contribution < -0.4 is 0 Å². The molecule has 0 saturated carbocycles. The SMILES string of the molecule is CC(C)(C)[Si](C)(C)OCc1cc(F)c(F)c(F)c1F. The Bertz CT molecular complexity index is 481. The van der Waals surface area contributed by atoms with Crippen LogP contribution in [0.2, 0.25) is 18.1 Å². The molecule has 0 amide bonds. The van der Waals surface area contributed by atoms with Crippen molar-refractivity contribution in [1.82, 2.24) is 0 Å². The van der Waals surface area contributed by atoms with Gasteiger partial charge in [0.2, 0.25) is 0 Å². The Balaban J connectivity index is 2.97. The van der Waals surface area contributed by atoms with Crippen LogP contribution in [0.5, 0.6) is 0 Å². The van der Waals surface area contributed by atoms with E-state index in [4.69, 9.17) is 4.43 Å². The molecular weight excluding hydrogens is 276 g/mol. The van der Waals surface area contributed by atoms with E-state index in [-0.39, 0.29) is 17.2 Å². The van der Waals surface area contributed by atoms with Gasteiger partial charge >= 0.3 is 0 Å². The van der Waals surface area contributed by atoms with Gasteiger partial charge in [0, 0.05) is 5.56 Å². The Morgan fingerprint density at radius 1 is 1.00 bits per heavy atom. The first kappa shape index (κ1) is 16.2. The zero-order valence-electron chi connectivity index (χ0n) is 11.7. The maximum absolute atomic E-state index is 13.5. The molecule has 0 saturated heterocycles. The van der Waals surface area contributed by atoms with Crippen molar-refractivity contribution in [2.24, 2.45) is 0 Å². The molecule has 1 aromatic rings. The largest absolute Gasteiger partial charge is 0.412 e. The van der Waals surface area contributed by atoms with Crippen LogP contribution in [-0.2, 0) is 11.0 Å². The quantitative estimate of drug-likeness (QED) is 0.338. The normalized spacial score (nSPS) is 12.9. The van der Waals surface area contributed by atoms with Crippen molar-refractivity contribution in [3.63, 3.8) is 0 Å². The summed E-state index contributed by atoms with van der Waals surface area (Å²) in [5.74, 6) is -6.40. The van der Waals surface area contributed by atoms with Gasteiger partial charge in [-0.05, 0) is 24.2 Å². The predicted octanol–water partition coefficient (Wildman–Crippen LogP) is 4.76. The van der Waals surface area contributed by atoms with Gasteiger partial charge < -0.3 is 4.43 Å². The first-order chi connectivity index (χ1) is 8.47. The fourth-order valence-electron chi connectivity index (χ4n) is 1.20. The van der Waals surface area contributed by atoms with Crippen molar-refractivity contribution in [1.29, 1.82) is 0 Å². The smallest absolute Gasteiger partial charge is 0.197 e. The second kappa shape index (κ2) is 5.24. The zero-order chi connectivity index (χ0) is 15.0. The maximum Gasteiger partial charge on any atom is 0.197 e. The molecule has 0 heterocycles. The van der Waals surface area contributed by atoms with E-state index >= 15 is 0 Å². The van der Waals surface area contributed by atoms with Crippen molar-refractivity contribution in [3.8, 4) is 0 Å². The van der Waals surface area contributed by atoms with Crippen molar-refractivity contribution >= 4 is 8.32 Å². The monoisotopic (exact) mass is 294 g/mol. The Hall–Kier alpha value is -0.883. The molecule has 1 rings (SSSR count). The van der Waals surface area contributed by atoms with Crippen LogP contribution in [-0.4, -0.2) is 8.32 Å². The summed E-state index contributed by atoms with van der Waals surface area (Å²) in [7, 11) is -2.16. The highest BCUT2D eigenvalue weighted by molar-refractivity contribution is 6.74. The number of benzene rings is 1. The van der Waals surface area contributed by atoms with Crippen LogP contribution in [0.3, 0.4) is 0 Å². The first-order valence-electron chi connectivity index (χ1n) is 5.93. The highest BCUT2D eigenvalue weighted by atomic mass is 28.4. The molecule has 108 valence electrons. The Morgan fingerprint density at radius 3 is 2.00 bits per heavy atom. The van der Waals surface area contributed by atoms with E-state index in [1.807, 2.05) is 33.9 Å². The molecule has 6 heteroatoms. The van der Waals surface area contributed by atoms with E-state index in [2.05, 4.69) is 0 Å². The third-order valence-electron chi connectivity index (χ3n) is 3.57. The Kier molecular flexibility index (Phi) is 4.46. The number of halogens is 4. The number of hydrogen-bond acceptors (Lipinski definition) is 1. The molecule has 0 atom stereocenters. The van der Waals surface area contributed by atoms with Crippen molar-refractivity contribution in [2.45, 2.75) is 45.5 Å². The lowest BCUT2D eigenvalue weighted by Gasteiger charge is -2.36. The Morgan fingerprint density at radius 2 is 1.53 bits per heavy atom. The number of hydrogen-bond donors (Lipinski definition) is 0. The number of rotatable bonds is 3. The molecule has 1 nitrogen and oxygen atoms in total. The van der Waals surface area contributed by atoms with Crippen LogP contribution in [0.25, 0.3) is 0 Å². The van der Waals surface area contributed by atoms with Crippen LogP contribution >= 0.6 is 0 Å². The fraction of sp³-hybridized carbons (Fsp3) is 0.538. The summed E-state index contributed by atoms with van der Waals surface area (Å²) in [6.07, 6.45) is 0. The second-order valence-corrected chi connectivity index (χ2v) is 10.8. The van der Waals surface area contributed by atoms with Gasteiger partial charge in [0.1, 0.15) is 0 Å². The maximum atomic E-state index is 13.5. The highest BCUT2D eigenvalue weighted by Gasteiger charge is 2.37. The summed E-state index contributed by atoms with van der Waals surface area (Å²) in [6.45, 7) is 9.56. The highest BCUT2D eigenvalue weighted by Crippen LogP contribution is 2.37. The van der Waals surface area contributed by atoms with Gasteiger partial charge in [-0.15, -0.1) is 0 Å². The lowest BCUT2D eigenvalue weighted by atomic mass is 10.2. The minimum atomic E-state index is -2.16. The van der Waals surface area contributed by atoms with E-state index in [0.717, 1.165) is 0 Å². The summed E-state index contributed by atoms with van der Waals surface area (Å²) in [6, 6.07) is 0.640. The van der Waals surface area contributed by atoms with Gasteiger partial charge in [-0.2, -0.15) is 0 Å². The first-order valence-corrected chi connectivity index (χ1v) is 8.84. The summed E-state index contributed by atoms with van der Waals surface area (Å²) in [5, 5.41) is -0.111. The molecule has 0 bridgehead atoms. The van der Waals surface area contributed by atoms with E-state index in [9.17, 15) is 17.6 Å². The summed E-state index contributed by atoms with van der Waals surface area (Å²) >= 11 is 0. The van der Waals surface area contributed by atoms with Gasteiger partial charge in [-0.25, -0.2) is 17.6 Å². The molecule has 0 aliphatic carbocycles. The molecule has 0 radical (unpaired) electrons. The molecule has 0 aromatic heterocycles. The summed E-state index contributed by atoms with van der Waals surface area (Å²) in [5.41, 5.74) is -0.304. The van der Waals surface area contributed by atoms with Crippen molar-refractivity contribution in [3.05, 3.63) is 34.9 Å². The fourth-order valence-corrected chi connectivity index (χ4v) is 2.15. The van der Waals surface area contributed by atoms with Gasteiger partial charge in [0.25, 0.3) is 0 Å². The van der Waals surface area contributed by atoms with Crippen LogP contribution in [0.15, 0.2) is 6.07 Å². The predicted molar refractivity (Wildman–Crippen MR) is 68.3 cm³/mol. The molecule has 0 spiro atoms. The molecule has 0 unspecified atom stereocenters. The van der Waals surface area contributed by atoms with Gasteiger partial charge in [-0.3, -0.25) is 0 Å². The molecule has 19 heavy (non-hydrogen) atoms. The van der Waals surface area contributed by atoms with Crippen LogP contribution in [0, 0.1) is 23.3 Å². The summed E-state index contributed by atoms with van der Waals surface area (Å²) < 4.78 is 58.1. The molecule has 1 aromatic carbocycles. The molecule has 0 aliphatic heterocycles. The zero-order valence-corrected chi connectivity index (χ0v) is 12.7. The Labute approximate surface area is 111 Å². The van der Waals surface area contributed by atoms with Gasteiger partial charge in [0.05, 0.1) is 6.61 Å². The van der Waals surface area contributed by atoms with Gasteiger partial charge in [-0.1, -0.05) is 20.8 Å². The summed E-state index contributed by atoms with van der Waals surface area (Å²) in [4.78, 5) is 0. The van der Waals surface area contributed by atoms with E-state index in [0.29, 0.717) is 6.07 Å². The van der Waals surface area contributed by atoms with Gasteiger partial charge in [0.15, 0.2) is 31.6 Å². The molecule has 0 aliphatic rings. The molecule has 0 fully saturated rings. The van der Waals surface area contributed by atoms with Crippen LogP contribution in [0.1, 0.15) is 26.3 Å². The molecule has 0 N–H and O–H groups in total. The molecular formula is C13H18F4OSi. The standard InChI is InChI=1S/C13H18F4OSi/c1-13(2,3)19(4,5)18-7-8-6-9(14)11(16)12(17)10(8)15/h6H,7H2,1-5H3. The van der Waals surface area contributed by atoms with E-state index in [1.165, 1.54) is 0 Å². The third kappa shape index (κ3) is 3.36. The van der Waals surface area contributed by atoms with E-state index in [1.54, 1.807) is 0 Å². The van der Waals surface area contributed by atoms with Crippen molar-refractivity contribution in [2.75, 3.05) is 0 Å². The van der Waals surface area contributed by atoms with Crippen LogP contribution in [0.4, 0.5) is 17.6 Å². The van der Waals surface area contributed by atoms with Crippen molar-refractivity contribution < 1.29 is 22.0 Å². The second-order valence-electron chi connectivity index (χ2n) is 6.01. The minimum Gasteiger partial charge on any atom is -0.412 e. The minimum absolute atomic E-state index is 0.111.